The van der Waals surface area contributed by atoms with Crippen LogP contribution in [0, 0.1) is 0 Å². The van der Waals surface area contributed by atoms with Gasteiger partial charge in [-0.2, -0.15) is 0 Å². The first kappa shape index (κ1) is 17.8. The number of nitrogens with one attached hydrogen (secondary N) is 2. The monoisotopic (exact) mass is 338 g/mol. The van der Waals surface area contributed by atoms with Gasteiger partial charge >= 0.3 is 6.03 Å². The van der Waals surface area contributed by atoms with Crippen LogP contribution in [-0.2, 0) is 9.84 Å². The van der Waals surface area contributed by atoms with Crippen molar-refractivity contribution < 1.29 is 13.2 Å². The molecule has 0 radical (unpaired) electrons. The molecule has 1 aliphatic rings. The van der Waals surface area contributed by atoms with Gasteiger partial charge in [-0.3, -0.25) is 0 Å². The van der Waals surface area contributed by atoms with Crippen LogP contribution in [0.25, 0.3) is 0 Å². The third-order valence-electron chi connectivity index (χ3n) is 4.36. The smallest absolute Gasteiger partial charge is 0.315 e. The Bertz CT molecular complexity index is 620. The minimum absolute atomic E-state index is 0.118. The summed E-state index contributed by atoms with van der Waals surface area (Å²) in [5.41, 5.74) is 0.915. The maximum Gasteiger partial charge on any atom is 0.315 e. The normalized spacial score (nSPS) is 17.5. The SMILES string of the molecule is CC[C@H](NC(=O)NC1CCCCC1)c1ccc(S(C)(=O)=O)cc1. The molecule has 2 rings (SSSR count). The van der Waals surface area contributed by atoms with Crippen molar-refractivity contribution in [3.63, 3.8) is 0 Å². The number of carbonyl (C=O) groups is 1. The second-order valence-electron chi connectivity index (χ2n) is 6.25. The van der Waals surface area contributed by atoms with Gasteiger partial charge < -0.3 is 10.6 Å². The van der Waals surface area contributed by atoms with Crippen LogP contribution < -0.4 is 10.6 Å². The highest BCUT2D eigenvalue weighted by molar-refractivity contribution is 7.90. The summed E-state index contributed by atoms with van der Waals surface area (Å²) >= 11 is 0. The number of urea groups is 1. The predicted molar refractivity (Wildman–Crippen MR) is 91.1 cm³/mol. The average Bonchev–Trinajstić information content (AvgIpc) is 2.53. The van der Waals surface area contributed by atoms with Gasteiger partial charge in [-0.05, 0) is 37.0 Å². The molecule has 0 spiro atoms. The van der Waals surface area contributed by atoms with Crippen molar-refractivity contribution in [2.24, 2.45) is 0 Å². The standard InChI is InChI=1S/C17H26N2O3S/c1-3-16(13-9-11-15(12-10-13)23(2,21)22)19-17(20)18-14-7-5-4-6-8-14/h9-12,14,16H,3-8H2,1-2H3,(H2,18,19,20)/t16-/m0/s1. The van der Waals surface area contributed by atoms with Gasteiger partial charge in [-0.25, -0.2) is 13.2 Å². The van der Waals surface area contributed by atoms with E-state index in [4.69, 9.17) is 0 Å². The van der Waals surface area contributed by atoms with E-state index in [9.17, 15) is 13.2 Å². The molecule has 1 fully saturated rings. The Kier molecular flexibility index (Phi) is 6.04. The molecule has 0 aromatic heterocycles. The maximum atomic E-state index is 12.2. The van der Waals surface area contributed by atoms with Gasteiger partial charge in [-0.15, -0.1) is 0 Å². The maximum absolute atomic E-state index is 12.2. The lowest BCUT2D eigenvalue weighted by Gasteiger charge is -2.25. The average molecular weight is 338 g/mol. The van der Waals surface area contributed by atoms with Crippen molar-refractivity contribution in [3.8, 4) is 0 Å². The Morgan fingerprint density at radius 2 is 1.78 bits per heavy atom. The summed E-state index contributed by atoms with van der Waals surface area (Å²) in [6, 6.07) is 6.73. The lowest BCUT2D eigenvalue weighted by molar-refractivity contribution is 0.228. The highest BCUT2D eigenvalue weighted by Crippen LogP contribution is 2.20. The van der Waals surface area contributed by atoms with Gasteiger partial charge in [0.25, 0.3) is 0 Å². The van der Waals surface area contributed by atoms with Gasteiger partial charge in [0, 0.05) is 12.3 Å². The zero-order valence-electron chi connectivity index (χ0n) is 13.8. The van der Waals surface area contributed by atoms with E-state index in [1.54, 1.807) is 24.3 Å². The van der Waals surface area contributed by atoms with E-state index in [1.165, 1.54) is 25.5 Å². The van der Waals surface area contributed by atoms with E-state index in [2.05, 4.69) is 10.6 Å². The zero-order valence-corrected chi connectivity index (χ0v) is 14.7. The van der Waals surface area contributed by atoms with E-state index in [1.807, 2.05) is 6.92 Å². The first-order chi connectivity index (χ1) is 10.9. The minimum atomic E-state index is -3.19. The molecule has 0 saturated heterocycles. The summed E-state index contributed by atoms with van der Waals surface area (Å²) in [6.07, 6.45) is 7.64. The molecule has 2 N–H and O–H groups in total. The van der Waals surface area contributed by atoms with E-state index in [0.717, 1.165) is 24.8 Å². The molecule has 6 heteroatoms. The number of hydrogen-bond acceptors (Lipinski definition) is 3. The van der Waals surface area contributed by atoms with Crippen LogP contribution in [-0.4, -0.2) is 26.7 Å². The molecule has 128 valence electrons. The lowest BCUT2D eigenvalue weighted by Crippen LogP contribution is -2.44. The predicted octanol–water partition coefficient (Wildman–Crippen LogP) is 3.17. The Hall–Kier alpha value is -1.56. The topological polar surface area (TPSA) is 75.3 Å². The molecule has 23 heavy (non-hydrogen) atoms. The highest BCUT2D eigenvalue weighted by Gasteiger charge is 2.18. The van der Waals surface area contributed by atoms with Gasteiger partial charge in [-0.1, -0.05) is 38.3 Å². The summed E-state index contributed by atoms with van der Waals surface area (Å²) in [5.74, 6) is 0. The summed E-state index contributed by atoms with van der Waals surface area (Å²) in [5, 5.41) is 6.03. The fourth-order valence-corrected chi connectivity index (χ4v) is 3.63. The Labute approximate surface area is 138 Å². The highest BCUT2D eigenvalue weighted by atomic mass is 32.2. The molecule has 0 aliphatic heterocycles. The van der Waals surface area contributed by atoms with Crippen molar-refractivity contribution in [3.05, 3.63) is 29.8 Å². The first-order valence-electron chi connectivity index (χ1n) is 8.27. The Balaban J connectivity index is 1.97. The van der Waals surface area contributed by atoms with Crippen LogP contribution in [0.1, 0.15) is 57.1 Å². The van der Waals surface area contributed by atoms with Crippen molar-refractivity contribution in [2.75, 3.05) is 6.26 Å². The van der Waals surface area contributed by atoms with Crippen LogP contribution in [0.3, 0.4) is 0 Å². The molecule has 0 unspecified atom stereocenters. The van der Waals surface area contributed by atoms with Crippen LogP contribution in [0.4, 0.5) is 4.79 Å². The summed E-state index contributed by atoms with van der Waals surface area (Å²) in [4.78, 5) is 12.5. The van der Waals surface area contributed by atoms with Gasteiger partial charge in [0.2, 0.25) is 0 Å². The van der Waals surface area contributed by atoms with Gasteiger partial charge in [0.1, 0.15) is 0 Å². The second kappa shape index (κ2) is 7.81. The number of carbonyl (C=O) groups excluding carboxylic acids is 1. The number of rotatable bonds is 5. The minimum Gasteiger partial charge on any atom is -0.335 e. The quantitative estimate of drug-likeness (QED) is 0.866. The van der Waals surface area contributed by atoms with Crippen molar-refractivity contribution in [1.82, 2.24) is 10.6 Å². The molecule has 1 aromatic rings. The molecule has 1 atom stereocenters. The number of amides is 2. The summed E-state index contributed by atoms with van der Waals surface area (Å²) in [6.45, 7) is 2.00. The van der Waals surface area contributed by atoms with Crippen LogP contribution in [0.2, 0.25) is 0 Å². The van der Waals surface area contributed by atoms with Crippen molar-refractivity contribution in [1.29, 1.82) is 0 Å². The van der Waals surface area contributed by atoms with Gasteiger partial charge in [0.15, 0.2) is 9.84 Å². The molecule has 0 bridgehead atoms. The van der Waals surface area contributed by atoms with E-state index in [0.29, 0.717) is 4.90 Å². The molecule has 0 heterocycles. The number of sulfone groups is 1. The van der Waals surface area contributed by atoms with E-state index in [-0.39, 0.29) is 18.1 Å². The fourth-order valence-electron chi connectivity index (χ4n) is 3.00. The zero-order chi connectivity index (χ0) is 16.9. The molecule has 1 aromatic carbocycles. The largest absolute Gasteiger partial charge is 0.335 e. The Morgan fingerprint density at radius 1 is 1.17 bits per heavy atom. The summed E-state index contributed by atoms with van der Waals surface area (Å²) < 4.78 is 23.0. The molecule has 2 amide bonds. The van der Waals surface area contributed by atoms with E-state index >= 15 is 0 Å². The fraction of sp³-hybridized carbons (Fsp3) is 0.588. The second-order valence-corrected chi connectivity index (χ2v) is 8.27. The Morgan fingerprint density at radius 3 is 2.30 bits per heavy atom. The van der Waals surface area contributed by atoms with Crippen LogP contribution in [0.5, 0.6) is 0 Å². The van der Waals surface area contributed by atoms with Crippen molar-refractivity contribution >= 4 is 15.9 Å². The van der Waals surface area contributed by atoms with Crippen LogP contribution in [0.15, 0.2) is 29.2 Å². The third-order valence-corrected chi connectivity index (χ3v) is 5.49. The van der Waals surface area contributed by atoms with Crippen LogP contribution >= 0.6 is 0 Å². The first-order valence-corrected chi connectivity index (χ1v) is 10.2. The van der Waals surface area contributed by atoms with Crippen molar-refractivity contribution in [2.45, 2.75) is 62.4 Å². The number of hydrogen-bond donors (Lipinski definition) is 2. The summed E-state index contributed by atoms with van der Waals surface area (Å²) in [7, 11) is -3.19. The third kappa shape index (κ3) is 5.23. The molecule has 1 aliphatic carbocycles. The molecular formula is C17H26N2O3S. The van der Waals surface area contributed by atoms with Gasteiger partial charge in [0.05, 0.1) is 10.9 Å². The molecule has 1 saturated carbocycles. The lowest BCUT2D eigenvalue weighted by atomic mass is 9.96. The van der Waals surface area contributed by atoms with E-state index < -0.39 is 9.84 Å². The molecular weight excluding hydrogens is 312 g/mol. The number of benzene rings is 1. The molecule has 5 nitrogen and oxygen atoms in total.